The van der Waals surface area contributed by atoms with Gasteiger partial charge in [-0.15, -0.1) is 5.10 Å². The minimum atomic E-state index is -0.934. The molecule has 1 aromatic rings. The molecule has 1 aliphatic heterocycles. The molecular weight excluding hydrogens is 214 g/mol. The van der Waals surface area contributed by atoms with E-state index in [0.29, 0.717) is 13.0 Å². The van der Waals surface area contributed by atoms with Crippen molar-refractivity contribution in [3.8, 4) is 0 Å². The molecule has 2 rings (SSSR count). The number of amides is 1. The molecule has 8 nitrogen and oxygen atoms in total. The van der Waals surface area contributed by atoms with Gasteiger partial charge in [-0.1, -0.05) is 0 Å². The lowest BCUT2D eigenvalue weighted by atomic mass is 10.0. The molecule has 8 heteroatoms. The minimum absolute atomic E-state index is 0.0456. The number of carbonyl (C=O) groups is 1. The van der Waals surface area contributed by atoms with Crippen LogP contribution < -0.4 is 5.32 Å². The number of rotatable bonds is 4. The van der Waals surface area contributed by atoms with Gasteiger partial charge in [0.15, 0.2) is 0 Å². The van der Waals surface area contributed by atoms with Crippen molar-refractivity contribution in [2.24, 2.45) is 0 Å². The number of nitrogens with one attached hydrogen (secondary N) is 1. The molecule has 1 amide bonds. The van der Waals surface area contributed by atoms with E-state index in [2.05, 4.69) is 20.8 Å². The first-order valence-corrected chi connectivity index (χ1v) is 4.96. The lowest BCUT2D eigenvalue weighted by Gasteiger charge is -2.20. The summed E-state index contributed by atoms with van der Waals surface area (Å²) in [5.74, 6) is -0.243. The van der Waals surface area contributed by atoms with Gasteiger partial charge in [-0.3, -0.25) is 4.79 Å². The number of tetrazole rings is 1. The Balaban J connectivity index is 1.75. The van der Waals surface area contributed by atoms with Crippen LogP contribution in [0.1, 0.15) is 6.42 Å². The Hall–Kier alpha value is -1.54. The van der Waals surface area contributed by atoms with Gasteiger partial charge in [-0.25, -0.2) is 4.68 Å². The SMILES string of the molecule is O=C(Cn1cnnn1)NCC1(O)CCOC1. The Bertz CT molecular complexity index is 347. The molecule has 88 valence electrons. The number of carbonyl (C=O) groups excluding carboxylic acids is 1. The molecule has 2 heterocycles. The molecule has 1 fully saturated rings. The first-order chi connectivity index (χ1) is 7.68. The molecule has 0 saturated carbocycles. The van der Waals surface area contributed by atoms with Gasteiger partial charge in [0, 0.05) is 19.6 Å². The van der Waals surface area contributed by atoms with E-state index >= 15 is 0 Å². The minimum Gasteiger partial charge on any atom is -0.386 e. The molecule has 1 atom stereocenters. The first kappa shape index (κ1) is 11.0. The van der Waals surface area contributed by atoms with Crippen LogP contribution in [0.5, 0.6) is 0 Å². The molecular formula is C8H13N5O3. The maximum Gasteiger partial charge on any atom is 0.241 e. The van der Waals surface area contributed by atoms with Crippen LogP contribution in [-0.4, -0.2) is 56.6 Å². The average molecular weight is 227 g/mol. The van der Waals surface area contributed by atoms with Crippen molar-refractivity contribution in [3.63, 3.8) is 0 Å². The van der Waals surface area contributed by atoms with Crippen LogP contribution in [0.2, 0.25) is 0 Å². The third-order valence-corrected chi connectivity index (χ3v) is 2.39. The Morgan fingerprint density at radius 1 is 1.69 bits per heavy atom. The van der Waals surface area contributed by atoms with Gasteiger partial charge >= 0.3 is 0 Å². The number of hydrogen-bond donors (Lipinski definition) is 2. The van der Waals surface area contributed by atoms with Gasteiger partial charge in [0.05, 0.1) is 6.61 Å². The summed E-state index contributed by atoms with van der Waals surface area (Å²) in [4.78, 5) is 11.4. The summed E-state index contributed by atoms with van der Waals surface area (Å²) in [5.41, 5.74) is -0.934. The maximum absolute atomic E-state index is 11.4. The van der Waals surface area contributed by atoms with E-state index in [9.17, 15) is 9.90 Å². The van der Waals surface area contributed by atoms with E-state index in [1.165, 1.54) is 11.0 Å². The van der Waals surface area contributed by atoms with E-state index in [-0.39, 0.29) is 25.6 Å². The Morgan fingerprint density at radius 2 is 2.56 bits per heavy atom. The number of aromatic nitrogens is 4. The van der Waals surface area contributed by atoms with Crippen LogP contribution in [-0.2, 0) is 16.1 Å². The summed E-state index contributed by atoms with van der Waals surface area (Å²) in [7, 11) is 0. The topological polar surface area (TPSA) is 102 Å². The highest BCUT2D eigenvalue weighted by molar-refractivity contribution is 5.75. The quantitative estimate of drug-likeness (QED) is 0.613. The first-order valence-electron chi connectivity index (χ1n) is 4.96. The monoisotopic (exact) mass is 227 g/mol. The molecule has 0 aliphatic carbocycles. The number of nitrogens with zero attached hydrogens (tertiary/aromatic N) is 4. The van der Waals surface area contributed by atoms with Crippen molar-refractivity contribution in [3.05, 3.63) is 6.33 Å². The normalized spacial score (nSPS) is 24.6. The zero-order chi connectivity index (χ0) is 11.4. The molecule has 1 unspecified atom stereocenters. The molecule has 0 spiro atoms. The van der Waals surface area contributed by atoms with E-state index in [4.69, 9.17) is 4.74 Å². The van der Waals surface area contributed by atoms with E-state index in [0.717, 1.165) is 0 Å². The molecule has 0 aromatic carbocycles. The van der Waals surface area contributed by atoms with E-state index in [1.54, 1.807) is 0 Å². The molecule has 1 aliphatic rings. The Labute approximate surface area is 91.6 Å². The highest BCUT2D eigenvalue weighted by atomic mass is 16.5. The third-order valence-electron chi connectivity index (χ3n) is 2.39. The predicted molar refractivity (Wildman–Crippen MR) is 51.2 cm³/mol. The molecule has 16 heavy (non-hydrogen) atoms. The van der Waals surface area contributed by atoms with Gasteiger partial charge < -0.3 is 15.2 Å². The fourth-order valence-corrected chi connectivity index (χ4v) is 1.45. The Morgan fingerprint density at radius 3 is 3.19 bits per heavy atom. The number of hydrogen-bond acceptors (Lipinski definition) is 6. The largest absolute Gasteiger partial charge is 0.386 e. The van der Waals surface area contributed by atoms with Crippen molar-refractivity contribution in [1.82, 2.24) is 25.5 Å². The molecule has 2 N–H and O–H groups in total. The fourth-order valence-electron chi connectivity index (χ4n) is 1.45. The van der Waals surface area contributed by atoms with Crippen LogP contribution in [0.15, 0.2) is 6.33 Å². The fraction of sp³-hybridized carbons (Fsp3) is 0.750. The van der Waals surface area contributed by atoms with Crippen LogP contribution in [0.4, 0.5) is 0 Å². The van der Waals surface area contributed by atoms with Crippen LogP contribution >= 0.6 is 0 Å². The van der Waals surface area contributed by atoms with Crippen molar-refractivity contribution in [1.29, 1.82) is 0 Å². The van der Waals surface area contributed by atoms with Gasteiger partial charge in [0.2, 0.25) is 5.91 Å². The van der Waals surface area contributed by atoms with Crippen LogP contribution in [0.25, 0.3) is 0 Å². The second-order valence-electron chi connectivity index (χ2n) is 3.81. The zero-order valence-electron chi connectivity index (χ0n) is 8.67. The molecule has 0 radical (unpaired) electrons. The van der Waals surface area contributed by atoms with Crippen molar-refractivity contribution in [2.75, 3.05) is 19.8 Å². The summed E-state index contributed by atoms with van der Waals surface area (Å²) in [6, 6.07) is 0. The summed E-state index contributed by atoms with van der Waals surface area (Å²) >= 11 is 0. The molecule has 0 bridgehead atoms. The number of ether oxygens (including phenoxy) is 1. The van der Waals surface area contributed by atoms with Gasteiger partial charge in [-0.05, 0) is 10.4 Å². The van der Waals surface area contributed by atoms with Gasteiger partial charge in [0.1, 0.15) is 18.5 Å². The van der Waals surface area contributed by atoms with Crippen LogP contribution in [0, 0.1) is 0 Å². The number of aliphatic hydroxyl groups is 1. The van der Waals surface area contributed by atoms with E-state index < -0.39 is 5.60 Å². The summed E-state index contributed by atoms with van der Waals surface area (Å²) < 4.78 is 6.37. The van der Waals surface area contributed by atoms with Crippen molar-refractivity contribution in [2.45, 2.75) is 18.6 Å². The lowest BCUT2D eigenvalue weighted by molar-refractivity contribution is -0.123. The highest BCUT2D eigenvalue weighted by Crippen LogP contribution is 2.16. The summed E-state index contributed by atoms with van der Waals surface area (Å²) in [5, 5.41) is 22.9. The van der Waals surface area contributed by atoms with Crippen molar-refractivity contribution < 1.29 is 14.6 Å². The summed E-state index contributed by atoms with van der Waals surface area (Å²) in [6.07, 6.45) is 1.89. The van der Waals surface area contributed by atoms with Crippen LogP contribution in [0.3, 0.4) is 0 Å². The second kappa shape index (κ2) is 4.54. The predicted octanol–water partition coefficient (Wildman–Crippen LogP) is -2.06. The zero-order valence-corrected chi connectivity index (χ0v) is 8.67. The van der Waals surface area contributed by atoms with E-state index in [1.807, 2.05) is 0 Å². The Kier molecular flexibility index (Phi) is 3.11. The smallest absolute Gasteiger partial charge is 0.241 e. The van der Waals surface area contributed by atoms with Gasteiger partial charge in [-0.2, -0.15) is 0 Å². The lowest BCUT2D eigenvalue weighted by Crippen LogP contribution is -2.44. The van der Waals surface area contributed by atoms with Crippen molar-refractivity contribution >= 4 is 5.91 Å². The maximum atomic E-state index is 11.4. The van der Waals surface area contributed by atoms with Gasteiger partial charge in [0.25, 0.3) is 0 Å². The third kappa shape index (κ3) is 2.74. The molecule has 1 aromatic heterocycles. The summed E-state index contributed by atoms with van der Waals surface area (Å²) in [6.45, 7) is 1.02. The standard InChI is InChI=1S/C8H13N5O3/c14-7(3-13-6-10-11-12-13)9-4-8(15)1-2-16-5-8/h6,15H,1-5H2,(H,9,14). The second-order valence-corrected chi connectivity index (χ2v) is 3.81. The highest BCUT2D eigenvalue weighted by Gasteiger charge is 2.32. The average Bonchev–Trinajstić information content (AvgIpc) is 2.88. The molecule has 1 saturated heterocycles.